The molecule has 1 aliphatic rings. The van der Waals surface area contributed by atoms with E-state index in [0.29, 0.717) is 18.9 Å². The predicted molar refractivity (Wildman–Crippen MR) is 89.1 cm³/mol. The molecule has 1 heterocycles. The van der Waals surface area contributed by atoms with E-state index in [0.717, 1.165) is 6.42 Å². The van der Waals surface area contributed by atoms with E-state index < -0.39 is 30.1 Å². The van der Waals surface area contributed by atoms with E-state index in [4.69, 9.17) is 9.47 Å². The average Bonchev–Trinajstić information content (AvgIpc) is 3.26. The lowest BCUT2D eigenvalue weighted by molar-refractivity contribution is -0.144. The molecule has 1 aliphatic heterocycles. The van der Waals surface area contributed by atoms with Gasteiger partial charge in [-0.05, 0) is 31.6 Å². The van der Waals surface area contributed by atoms with Gasteiger partial charge in [-0.3, -0.25) is 9.59 Å². The fraction of sp³-hybridized carbons (Fsp3) is 0.824. The lowest BCUT2D eigenvalue weighted by Crippen LogP contribution is -2.49. The van der Waals surface area contributed by atoms with Crippen LogP contribution in [0.3, 0.4) is 0 Å². The second-order valence-electron chi connectivity index (χ2n) is 6.89. The lowest BCUT2D eigenvalue weighted by atomic mass is 10.0. The summed E-state index contributed by atoms with van der Waals surface area (Å²) in [6.45, 7) is 10.6. The lowest BCUT2D eigenvalue weighted by Gasteiger charge is -2.20. The normalized spacial score (nSPS) is 20.6. The smallest absolute Gasteiger partial charge is 0.338 e. The van der Waals surface area contributed by atoms with E-state index in [9.17, 15) is 14.4 Å². The number of ether oxygens (including phenoxy) is 2. The quantitative estimate of drug-likeness (QED) is 0.456. The molecule has 0 aromatic rings. The number of hydrogen-bond donors (Lipinski definition) is 2. The van der Waals surface area contributed by atoms with Crippen molar-refractivity contribution in [2.24, 2.45) is 11.8 Å². The first-order chi connectivity index (χ1) is 11.3. The fourth-order valence-electron chi connectivity index (χ4n) is 2.28. The summed E-state index contributed by atoms with van der Waals surface area (Å²) in [5, 5.41) is 5.54. The minimum Gasteiger partial charge on any atom is -0.464 e. The summed E-state index contributed by atoms with van der Waals surface area (Å²) in [6.07, 6.45) is -0.309. The van der Waals surface area contributed by atoms with Crippen LogP contribution < -0.4 is 10.6 Å². The summed E-state index contributed by atoms with van der Waals surface area (Å²) >= 11 is 0. The van der Waals surface area contributed by atoms with Gasteiger partial charge in [-0.2, -0.15) is 0 Å². The maximum atomic E-state index is 12.3. The van der Waals surface area contributed by atoms with Gasteiger partial charge in [0, 0.05) is 6.54 Å². The van der Waals surface area contributed by atoms with Gasteiger partial charge in [-0.25, -0.2) is 4.79 Å². The molecule has 0 aromatic heterocycles. The van der Waals surface area contributed by atoms with Gasteiger partial charge < -0.3 is 20.1 Å². The Kier molecular flexibility index (Phi) is 8.18. The molecule has 0 bridgehead atoms. The van der Waals surface area contributed by atoms with E-state index >= 15 is 0 Å². The third-order valence-corrected chi connectivity index (χ3v) is 3.63. The Morgan fingerprint density at radius 3 is 2.29 bits per heavy atom. The Labute approximate surface area is 143 Å². The van der Waals surface area contributed by atoms with Crippen LogP contribution in [0.25, 0.3) is 0 Å². The van der Waals surface area contributed by atoms with Gasteiger partial charge >= 0.3 is 5.97 Å². The van der Waals surface area contributed by atoms with Crippen molar-refractivity contribution in [1.82, 2.24) is 10.6 Å². The van der Waals surface area contributed by atoms with Crippen molar-refractivity contribution in [3.05, 3.63) is 0 Å². The standard InChI is InChI=1S/C17H30N2O5/c1-6-23-17(22)14-13(24-14)16(21)19-12(9-11(4)5)15(20)18-8-7-10(2)3/h10-14H,6-9H2,1-5H3,(H,18,20)(H,19,21)/t12-,13?,14-/m0/s1. The first-order valence-corrected chi connectivity index (χ1v) is 8.66. The summed E-state index contributed by atoms with van der Waals surface area (Å²) < 4.78 is 9.89. The third-order valence-electron chi connectivity index (χ3n) is 3.63. The van der Waals surface area contributed by atoms with E-state index in [1.807, 2.05) is 13.8 Å². The van der Waals surface area contributed by atoms with Crippen LogP contribution in [0.15, 0.2) is 0 Å². The summed E-state index contributed by atoms with van der Waals surface area (Å²) in [5.74, 6) is -0.455. The molecular weight excluding hydrogens is 312 g/mol. The molecule has 0 radical (unpaired) electrons. The topological polar surface area (TPSA) is 97.0 Å². The Morgan fingerprint density at radius 1 is 1.08 bits per heavy atom. The number of carbonyl (C=O) groups is 3. The first-order valence-electron chi connectivity index (χ1n) is 8.66. The van der Waals surface area contributed by atoms with Crippen LogP contribution in [0.1, 0.15) is 47.5 Å². The average molecular weight is 342 g/mol. The number of epoxide rings is 1. The van der Waals surface area contributed by atoms with Crippen molar-refractivity contribution in [1.29, 1.82) is 0 Å². The van der Waals surface area contributed by atoms with Crippen molar-refractivity contribution in [2.45, 2.75) is 65.7 Å². The van der Waals surface area contributed by atoms with E-state index in [1.165, 1.54) is 0 Å². The summed E-state index contributed by atoms with van der Waals surface area (Å²) in [6, 6.07) is -0.628. The highest BCUT2D eigenvalue weighted by Gasteiger charge is 2.52. The van der Waals surface area contributed by atoms with Gasteiger partial charge in [0.15, 0.2) is 12.2 Å². The zero-order valence-electron chi connectivity index (χ0n) is 15.3. The molecule has 138 valence electrons. The second kappa shape index (κ2) is 9.61. The summed E-state index contributed by atoms with van der Waals surface area (Å²) in [7, 11) is 0. The predicted octanol–water partition coefficient (Wildman–Crippen LogP) is 1.01. The van der Waals surface area contributed by atoms with Crippen LogP contribution >= 0.6 is 0 Å². The molecule has 1 fully saturated rings. The molecule has 1 saturated heterocycles. The Bertz CT molecular complexity index is 450. The molecule has 0 saturated carbocycles. The zero-order valence-corrected chi connectivity index (χ0v) is 15.3. The van der Waals surface area contributed by atoms with Gasteiger partial charge in [0.25, 0.3) is 5.91 Å². The SMILES string of the molecule is CCOC(=O)[C@H]1OC1C(=O)N[C@@H](CC(C)C)C(=O)NCCC(C)C. The molecule has 0 spiro atoms. The minimum atomic E-state index is -0.859. The van der Waals surface area contributed by atoms with Gasteiger partial charge in [0.1, 0.15) is 6.04 Å². The summed E-state index contributed by atoms with van der Waals surface area (Å²) in [5.41, 5.74) is 0. The van der Waals surface area contributed by atoms with Crippen molar-refractivity contribution in [2.75, 3.05) is 13.2 Å². The molecule has 2 N–H and O–H groups in total. The van der Waals surface area contributed by atoms with Crippen molar-refractivity contribution >= 4 is 17.8 Å². The Hall–Kier alpha value is -1.63. The molecule has 24 heavy (non-hydrogen) atoms. The van der Waals surface area contributed by atoms with Crippen LogP contribution in [-0.4, -0.2) is 49.2 Å². The number of amides is 2. The van der Waals surface area contributed by atoms with Gasteiger partial charge in [0.2, 0.25) is 5.91 Å². The van der Waals surface area contributed by atoms with Crippen LogP contribution in [0, 0.1) is 11.8 Å². The molecule has 1 unspecified atom stereocenters. The Balaban J connectivity index is 2.52. The number of nitrogens with one attached hydrogen (secondary N) is 2. The van der Waals surface area contributed by atoms with Crippen LogP contribution in [0.5, 0.6) is 0 Å². The molecule has 3 atom stereocenters. The molecule has 1 rings (SSSR count). The van der Waals surface area contributed by atoms with Crippen molar-refractivity contribution < 1.29 is 23.9 Å². The van der Waals surface area contributed by atoms with Crippen LogP contribution in [0.2, 0.25) is 0 Å². The monoisotopic (exact) mass is 342 g/mol. The van der Waals surface area contributed by atoms with Gasteiger partial charge in [0.05, 0.1) is 6.61 Å². The van der Waals surface area contributed by atoms with E-state index in [-0.39, 0.29) is 18.4 Å². The number of carbonyl (C=O) groups excluding carboxylic acids is 3. The number of rotatable bonds is 10. The highest BCUT2D eigenvalue weighted by Crippen LogP contribution is 2.24. The highest BCUT2D eigenvalue weighted by molar-refractivity contribution is 5.95. The van der Waals surface area contributed by atoms with E-state index in [1.54, 1.807) is 6.92 Å². The largest absolute Gasteiger partial charge is 0.464 e. The highest BCUT2D eigenvalue weighted by atomic mass is 16.6. The minimum absolute atomic E-state index is 0.203. The van der Waals surface area contributed by atoms with Crippen LogP contribution in [0.4, 0.5) is 0 Å². The Morgan fingerprint density at radius 2 is 1.75 bits per heavy atom. The fourth-order valence-corrected chi connectivity index (χ4v) is 2.28. The maximum Gasteiger partial charge on any atom is 0.338 e. The first kappa shape index (κ1) is 20.4. The van der Waals surface area contributed by atoms with Gasteiger partial charge in [-0.15, -0.1) is 0 Å². The van der Waals surface area contributed by atoms with Crippen molar-refractivity contribution in [3.8, 4) is 0 Å². The maximum absolute atomic E-state index is 12.3. The third kappa shape index (κ3) is 6.86. The van der Waals surface area contributed by atoms with Crippen molar-refractivity contribution in [3.63, 3.8) is 0 Å². The second-order valence-corrected chi connectivity index (χ2v) is 6.89. The molecule has 2 amide bonds. The molecular formula is C17H30N2O5. The molecule has 7 heteroatoms. The summed E-state index contributed by atoms with van der Waals surface area (Å²) in [4.78, 5) is 36.0. The molecule has 0 aliphatic carbocycles. The van der Waals surface area contributed by atoms with Crippen LogP contribution in [-0.2, 0) is 23.9 Å². The number of hydrogen-bond acceptors (Lipinski definition) is 5. The van der Waals surface area contributed by atoms with Gasteiger partial charge in [-0.1, -0.05) is 27.7 Å². The molecule has 0 aromatic carbocycles. The zero-order chi connectivity index (χ0) is 18.3. The van der Waals surface area contributed by atoms with E-state index in [2.05, 4.69) is 24.5 Å². The molecule has 7 nitrogen and oxygen atoms in total. The number of esters is 1.